The van der Waals surface area contributed by atoms with Crippen molar-refractivity contribution >= 4 is 6.09 Å². The molecule has 1 N–H and O–H groups in total. The van der Waals surface area contributed by atoms with E-state index in [2.05, 4.69) is 19.2 Å². The fraction of sp³-hybridized carbons (Fsp3) is 0.941. The zero-order valence-corrected chi connectivity index (χ0v) is 14.8. The van der Waals surface area contributed by atoms with Crippen LogP contribution in [0.1, 0.15) is 53.9 Å². The van der Waals surface area contributed by atoms with E-state index in [1.54, 1.807) is 0 Å². The van der Waals surface area contributed by atoms with E-state index < -0.39 is 5.60 Å². The summed E-state index contributed by atoms with van der Waals surface area (Å²) in [4.78, 5) is 14.1. The molecular formula is C17H32N2O3. The lowest BCUT2D eigenvalue weighted by Crippen LogP contribution is -2.52. The van der Waals surface area contributed by atoms with Crippen LogP contribution >= 0.6 is 0 Å². The van der Waals surface area contributed by atoms with Crippen molar-refractivity contribution < 1.29 is 14.3 Å². The van der Waals surface area contributed by atoms with Crippen LogP contribution in [0.5, 0.6) is 0 Å². The summed E-state index contributed by atoms with van der Waals surface area (Å²) in [6, 6.07) is 0. The molecule has 1 amide bonds. The normalized spacial score (nSPS) is 33.0. The molecule has 2 heterocycles. The largest absolute Gasteiger partial charge is 0.444 e. The number of hydrogen-bond acceptors (Lipinski definition) is 4. The van der Waals surface area contributed by atoms with Gasteiger partial charge >= 0.3 is 6.09 Å². The van der Waals surface area contributed by atoms with E-state index in [4.69, 9.17) is 9.47 Å². The van der Waals surface area contributed by atoms with Gasteiger partial charge in [0, 0.05) is 31.8 Å². The monoisotopic (exact) mass is 312 g/mol. The average Bonchev–Trinajstić information content (AvgIpc) is 2.75. The van der Waals surface area contributed by atoms with E-state index in [1.165, 1.54) is 0 Å². The fourth-order valence-corrected chi connectivity index (χ4v) is 3.17. The second-order valence-electron chi connectivity index (χ2n) is 8.00. The minimum Gasteiger partial charge on any atom is -0.444 e. The minimum atomic E-state index is -0.424. The predicted octanol–water partition coefficient (Wildman–Crippen LogP) is 2.79. The highest BCUT2D eigenvalue weighted by atomic mass is 16.6. The molecule has 2 rings (SSSR count). The first-order valence-corrected chi connectivity index (χ1v) is 8.54. The first-order valence-electron chi connectivity index (χ1n) is 8.54. The summed E-state index contributed by atoms with van der Waals surface area (Å²) in [5, 5.41) is 3.68. The molecule has 2 saturated heterocycles. The molecule has 3 unspecified atom stereocenters. The van der Waals surface area contributed by atoms with Crippen molar-refractivity contribution in [3.8, 4) is 0 Å². The third-order valence-corrected chi connectivity index (χ3v) is 4.85. The van der Waals surface area contributed by atoms with Crippen LogP contribution in [0.2, 0.25) is 0 Å². The minimum absolute atomic E-state index is 0.0637. The van der Waals surface area contributed by atoms with E-state index in [0.717, 1.165) is 45.5 Å². The number of rotatable bonds is 3. The number of likely N-dealkylation sites (tertiary alicyclic amines) is 1. The Balaban J connectivity index is 1.82. The molecule has 0 saturated carbocycles. The first kappa shape index (κ1) is 17.5. The average molecular weight is 312 g/mol. The lowest BCUT2D eigenvalue weighted by atomic mass is 9.92. The first-order chi connectivity index (χ1) is 10.2. The van der Waals surface area contributed by atoms with Gasteiger partial charge in [0.05, 0.1) is 6.10 Å². The number of ether oxygens (including phenoxy) is 2. The zero-order valence-electron chi connectivity index (χ0n) is 14.8. The van der Waals surface area contributed by atoms with Gasteiger partial charge in [-0.15, -0.1) is 0 Å². The molecule has 0 aromatic carbocycles. The molecule has 0 bridgehead atoms. The molecule has 22 heavy (non-hydrogen) atoms. The standard InChI is InChI=1S/C17H32N2O3/c1-13-17(5,8-10-21-13)18-11-14-7-6-9-19(12-14)15(20)22-16(2,3)4/h13-14,18H,6-12H2,1-5H3. The van der Waals surface area contributed by atoms with Gasteiger partial charge in [-0.05, 0) is 59.8 Å². The Hall–Kier alpha value is -0.810. The second kappa shape index (κ2) is 6.75. The van der Waals surface area contributed by atoms with Gasteiger partial charge in [0.1, 0.15) is 5.60 Å². The Bertz CT molecular complexity index is 394. The second-order valence-corrected chi connectivity index (χ2v) is 8.00. The number of piperidine rings is 1. The van der Waals surface area contributed by atoms with E-state index in [0.29, 0.717) is 5.92 Å². The summed E-state index contributed by atoms with van der Waals surface area (Å²) in [7, 11) is 0. The van der Waals surface area contributed by atoms with Crippen LogP contribution in [0.3, 0.4) is 0 Å². The van der Waals surface area contributed by atoms with Crippen molar-refractivity contribution in [3.05, 3.63) is 0 Å². The molecule has 5 heteroatoms. The molecule has 2 aliphatic rings. The smallest absolute Gasteiger partial charge is 0.410 e. The Morgan fingerprint density at radius 3 is 2.77 bits per heavy atom. The van der Waals surface area contributed by atoms with Crippen LogP contribution in [0.15, 0.2) is 0 Å². The zero-order chi connectivity index (χ0) is 16.4. The Morgan fingerprint density at radius 2 is 2.18 bits per heavy atom. The Morgan fingerprint density at radius 1 is 1.45 bits per heavy atom. The maximum Gasteiger partial charge on any atom is 0.410 e. The maximum absolute atomic E-state index is 12.2. The summed E-state index contributed by atoms with van der Waals surface area (Å²) in [6.45, 7) is 13.5. The van der Waals surface area contributed by atoms with E-state index >= 15 is 0 Å². The van der Waals surface area contributed by atoms with Crippen molar-refractivity contribution in [2.24, 2.45) is 5.92 Å². The predicted molar refractivity (Wildman–Crippen MR) is 87.0 cm³/mol. The van der Waals surface area contributed by atoms with Crippen molar-refractivity contribution in [2.45, 2.75) is 71.1 Å². The van der Waals surface area contributed by atoms with Crippen molar-refractivity contribution in [2.75, 3.05) is 26.2 Å². The van der Waals surface area contributed by atoms with Gasteiger partial charge < -0.3 is 19.7 Å². The number of carbonyl (C=O) groups excluding carboxylic acids is 1. The lowest BCUT2D eigenvalue weighted by molar-refractivity contribution is 0.0158. The Kier molecular flexibility index (Phi) is 5.38. The number of carbonyl (C=O) groups is 1. The fourth-order valence-electron chi connectivity index (χ4n) is 3.17. The molecule has 2 fully saturated rings. The van der Waals surface area contributed by atoms with Gasteiger partial charge in [0.15, 0.2) is 0 Å². The molecule has 128 valence electrons. The molecule has 0 aromatic rings. The van der Waals surface area contributed by atoms with E-state index in [-0.39, 0.29) is 17.7 Å². The van der Waals surface area contributed by atoms with Crippen LogP contribution in [-0.4, -0.2) is 54.5 Å². The number of nitrogens with one attached hydrogen (secondary N) is 1. The van der Waals surface area contributed by atoms with Gasteiger partial charge in [-0.2, -0.15) is 0 Å². The maximum atomic E-state index is 12.2. The van der Waals surface area contributed by atoms with Gasteiger partial charge in [0.2, 0.25) is 0 Å². The number of hydrogen-bond donors (Lipinski definition) is 1. The van der Waals surface area contributed by atoms with Crippen LogP contribution in [0.4, 0.5) is 4.79 Å². The highest BCUT2D eigenvalue weighted by molar-refractivity contribution is 5.68. The van der Waals surface area contributed by atoms with Crippen molar-refractivity contribution in [1.82, 2.24) is 10.2 Å². The summed E-state index contributed by atoms with van der Waals surface area (Å²) in [6.07, 6.45) is 3.34. The van der Waals surface area contributed by atoms with Crippen LogP contribution in [-0.2, 0) is 9.47 Å². The lowest BCUT2D eigenvalue weighted by Gasteiger charge is -2.36. The number of nitrogens with zero attached hydrogens (tertiary/aromatic N) is 1. The third kappa shape index (κ3) is 4.59. The quantitative estimate of drug-likeness (QED) is 0.870. The van der Waals surface area contributed by atoms with Gasteiger partial charge in [0.25, 0.3) is 0 Å². The Labute approximate surface area is 134 Å². The van der Waals surface area contributed by atoms with Crippen LogP contribution in [0.25, 0.3) is 0 Å². The SMILES string of the molecule is CC1OCCC1(C)NCC1CCCN(C(=O)OC(C)(C)C)C1. The van der Waals surface area contributed by atoms with Gasteiger partial charge in [-0.25, -0.2) is 4.79 Å². The molecule has 0 radical (unpaired) electrons. The number of amides is 1. The summed E-state index contributed by atoms with van der Waals surface area (Å²) >= 11 is 0. The third-order valence-electron chi connectivity index (χ3n) is 4.85. The molecule has 3 atom stereocenters. The molecule has 0 spiro atoms. The summed E-state index contributed by atoms with van der Waals surface area (Å²) in [5.74, 6) is 0.492. The van der Waals surface area contributed by atoms with Crippen molar-refractivity contribution in [1.29, 1.82) is 0 Å². The van der Waals surface area contributed by atoms with E-state index in [1.807, 2.05) is 25.7 Å². The van der Waals surface area contributed by atoms with Crippen molar-refractivity contribution in [3.63, 3.8) is 0 Å². The molecular weight excluding hydrogens is 280 g/mol. The molecule has 5 nitrogen and oxygen atoms in total. The molecule has 2 aliphatic heterocycles. The highest BCUT2D eigenvalue weighted by Gasteiger charge is 2.37. The molecule has 0 aromatic heterocycles. The molecule has 0 aliphatic carbocycles. The highest BCUT2D eigenvalue weighted by Crippen LogP contribution is 2.26. The van der Waals surface area contributed by atoms with Crippen LogP contribution in [0, 0.1) is 5.92 Å². The van der Waals surface area contributed by atoms with Crippen LogP contribution < -0.4 is 5.32 Å². The van der Waals surface area contributed by atoms with Gasteiger partial charge in [-0.1, -0.05) is 0 Å². The summed E-state index contributed by atoms with van der Waals surface area (Å²) < 4.78 is 11.2. The van der Waals surface area contributed by atoms with Gasteiger partial charge in [-0.3, -0.25) is 0 Å². The topological polar surface area (TPSA) is 50.8 Å². The summed E-state index contributed by atoms with van der Waals surface area (Å²) in [5.41, 5.74) is -0.361. The van der Waals surface area contributed by atoms with E-state index in [9.17, 15) is 4.79 Å².